The highest BCUT2D eigenvalue weighted by atomic mass is 15.1. The van der Waals surface area contributed by atoms with Crippen LogP contribution in [0.2, 0.25) is 0 Å². The second kappa shape index (κ2) is 4.73. The van der Waals surface area contributed by atoms with Gasteiger partial charge in [0.1, 0.15) is 0 Å². The summed E-state index contributed by atoms with van der Waals surface area (Å²) in [5.41, 5.74) is 0. The third-order valence-corrected chi connectivity index (χ3v) is 2.48. The molecule has 0 amide bonds. The third-order valence-electron chi connectivity index (χ3n) is 2.48. The zero-order valence-corrected chi connectivity index (χ0v) is 7.69. The molecule has 1 atom stereocenters. The number of nitrogens with one attached hydrogen (secondary N) is 2. The molecule has 0 aliphatic carbocycles. The van der Waals surface area contributed by atoms with E-state index >= 15 is 0 Å². The first kappa shape index (κ1) is 9.01. The Morgan fingerprint density at radius 3 is 2.64 bits per heavy atom. The van der Waals surface area contributed by atoms with Crippen molar-refractivity contribution in [1.82, 2.24) is 10.6 Å². The molecule has 0 aromatic heterocycles. The molecule has 2 nitrogen and oxygen atoms in total. The number of hydrogen-bond acceptors (Lipinski definition) is 2. The smallest absolute Gasteiger partial charge is 0.0574 e. The molecule has 1 heterocycles. The van der Waals surface area contributed by atoms with Crippen LogP contribution in [0.25, 0.3) is 0 Å². The van der Waals surface area contributed by atoms with Crippen LogP contribution in [-0.4, -0.2) is 18.8 Å². The summed E-state index contributed by atoms with van der Waals surface area (Å²) in [4.78, 5) is 0. The fraction of sp³-hybridized carbons (Fsp3) is 1.00. The highest BCUT2D eigenvalue weighted by molar-refractivity contribution is 4.75. The Labute approximate surface area is 69.8 Å². The molecule has 2 heteroatoms. The van der Waals surface area contributed by atoms with E-state index < -0.39 is 0 Å². The zero-order chi connectivity index (χ0) is 8.10. The van der Waals surface area contributed by atoms with Gasteiger partial charge in [0.25, 0.3) is 0 Å². The Balaban J connectivity index is 2.16. The molecule has 0 aromatic rings. The van der Waals surface area contributed by atoms with Crippen molar-refractivity contribution in [2.24, 2.45) is 0 Å². The summed E-state index contributed by atoms with van der Waals surface area (Å²) in [5, 5.41) is 7.05. The van der Waals surface area contributed by atoms with E-state index in [1.165, 1.54) is 32.2 Å². The van der Waals surface area contributed by atoms with E-state index in [0.717, 1.165) is 0 Å². The van der Waals surface area contributed by atoms with Gasteiger partial charge in [0.2, 0.25) is 0 Å². The van der Waals surface area contributed by atoms with Crippen LogP contribution >= 0.6 is 0 Å². The van der Waals surface area contributed by atoms with Crippen LogP contribution in [0.1, 0.15) is 39.5 Å². The normalized spacial score (nSPS) is 24.8. The Bertz CT molecular complexity index is 93.7. The van der Waals surface area contributed by atoms with Crippen LogP contribution in [-0.2, 0) is 0 Å². The molecule has 1 unspecified atom stereocenters. The van der Waals surface area contributed by atoms with E-state index in [-0.39, 0.29) is 0 Å². The van der Waals surface area contributed by atoms with Gasteiger partial charge in [0, 0.05) is 6.04 Å². The first-order valence-electron chi connectivity index (χ1n) is 4.86. The predicted octanol–water partition coefficient (Wildman–Crippen LogP) is 1.47. The SMILES string of the molecule is CCC(CC)NC1CCCN1. The minimum absolute atomic E-state index is 0.597. The van der Waals surface area contributed by atoms with Crippen molar-refractivity contribution in [3.05, 3.63) is 0 Å². The summed E-state index contributed by atoms with van der Waals surface area (Å²) < 4.78 is 0. The van der Waals surface area contributed by atoms with Crippen LogP contribution in [0.3, 0.4) is 0 Å². The van der Waals surface area contributed by atoms with E-state index in [9.17, 15) is 0 Å². The van der Waals surface area contributed by atoms with Gasteiger partial charge in [-0.05, 0) is 32.2 Å². The van der Waals surface area contributed by atoms with Gasteiger partial charge in [0.05, 0.1) is 6.17 Å². The monoisotopic (exact) mass is 156 g/mol. The van der Waals surface area contributed by atoms with Crippen LogP contribution in [0, 0.1) is 0 Å². The maximum absolute atomic E-state index is 3.60. The van der Waals surface area contributed by atoms with Gasteiger partial charge < -0.3 is 5.32 Å². The lowest BCUT2D eigenvalue weighted by Gasteiger charge is -2.20. The van der Waals surface area contributed by atoms with Crippen molar-refractivity contribution in [2.75, 3.05) is 6.54 Å². The quantitative estimate of drug-likeness (QED) is 0.644. The molecule has 1 aliphatic rings. The Morgan fingerprint density at radius 1 is 1.45 bits per heavy atom. The largest absolute Gasteiger partial charge is 0.302 e. The molecular weight excluding hydrogens is 136 g/mol. The Kier molecular flexibility index (Phi) is 3.87. The van der Waals surface area contributed by atoms with Crippen LogP contribution in [0.5, 0.6) is 0 Å². The van der Waals surface area contributed by atoms with Crippen molar-refractivity contribution >= 4 is 0 Å². The first-order valence-corrected chi connectivity index (χ1v) is 4.86. The standard InChI is InChI=1S/C9H20N2/c1-3-8(4-2)11-9-6-5-7-10-9/h8-11H,3-7H2,1-2H3. The fourth-order valence-corrected chi connectivity index (χ4v) is 1.64. The summed E-state index contributed by atoms with van der Waals surface area (Å²) >= 11 is 0. The first-order chi connectivity index (χ1) is 5.36. The van der Waals surface area contributed by atoms with Gasteiger partial charge in [-0.1, -0.05) is 13.8 Å². The molecule has 0 saturated carbocycles. The molecule has 1 saturated heterocycles. The highest BCUT2D eigenvalue weighted by Crippen LogP contribution is 2.05. The molecule has 0 radical (unpaired) electrons. The van der Waals surface area contributed by atoms with E-state index in [1.54, 1.807) is 0 Å². The Hall–Kier alpha value is -0.0800. The molecule has 1 rings (SSSR count). The van der Waals surface area contributed by atoms with E-state index in [4.69, 9.17) is 0 Å². The number of hydrogen-bond donors (Lipinski definition) is 2. The molecule has 0 aromatic carbocycles. The van der Waals surface area contributed by atoms with Crippen molar-refractivity contribution in [2.45, 2.75) is 51.7 Å². The van der Waals surface area contributed by atoms with Gasteiger partial charge in [-0.15, -0.1) is 0 Å². The van der Waals surface area contributed by atoms with Gasteiger partial charge in [-0.3, -0.25) is 5.32 Å². The second-order valence-corrected chi connectivity index (χ2v) is 3.33. The molecule has 11 heavy (non-hydrogen) atoms. The Morgan fingerprint density at radius 2 is 2.18 bits per heavy atom. The molecule has 66 valence electrons. The summed E-state index contributed by atoms with van der Waals surface area (Å²) in [5.74, 6) is 0. The lowest BCUT2D eigenvalue weighted by molar-refractivity contribution is 0.388. The fourth-order valence-electron chi connectivity index (χ4n) is 1.64. The summed E-state index contributed by atoms with van der Waals surface area (Å²) in [6.07, 6.45) is 5.72. The molecule has 2 N–H and O–H groups in total. The van der Waals surface area contributed by atoms with Gasteiger partial charge >= 0.3 is 0 Å². The molecule has 1 fully saturated rings. The minimum atomic E-state index is 0.597. The summed E-state index contributed by atoms with van der Waals surface area (Å²) in [7, 11) is 0. The van der Waals surface area contributed by atoms with E-state index in [1.807, 2.05) is 0 Å². The molecule has 0 spiro atoms. The lowest BCUT2D eigenvalue weighted by atomic mass is 10.1. The number of rotatable bonds is 4. The van der Waals surface area contributed by atoms with Gasteiger partial charge in [0.15, 0.2) is 0 Å². The zero-order valence-electron chi connectivity index (χ0n) is 7.69. The minimum Gasteiger partial charge on any atom is -0.302 e. The average Bonchev–Trinajstić information content (AvgIpc) is 2.52. The highest BCUT2D eigenvalue weighted by Gasteiger charge is 2.15. The van der Waals surface area contributed by atoms with Crippen molar-refractivity contribution in [1.29, 1.82) is 0 Å². The van der Waals surface area contributed by atoms with Crippen LogP contribution < -0.4 is 10.6 Å². The van der Waals surface area contributed by atoms with E-state index in [0.29, 0.717) is 12.2 Å². The van der Waals surface area contributed by atoms with Crippen molar-refractivity contribution < 1.29 is 0 Å². The third kappa shape index (κ3) is 2.80. The maximum atomic E-state index is 3.60. The van der Waals surface area contributed by atoms with Crippen molar-refractivity contribution in [3.63, 3.8) is 0 Å². The average molecular weight is 156 g/mol. The van der Waals surface area contributed by atoms with Crippen molar-refractivity contribution in [3.8, 4) is 0 Å². The second-order valence-electron chi connectivity index (χ2n) is 3.33. The van der Waals surface area contributed by atoms with Gasteiger partial charge in [-0.2, -0.15) is 0 Å². The van der Waals surface area contributed by atoms with Gasteiger partial charge in [-0.25, -0.2) is 0 Å². The maximum Gasteiger partial charge on any atom is 0.0574 e. The predicted molar refractivity (Wildman–Crippen MR) is 48.5 cm³/mol. The molecular formula is C9H20N2. The molecule has 1 aliphatic heterocycles. The van der Waals surface area contributed by atoms with E-state index in [2.05, 4.69) is 24.5 Å². The summed E-state index contributed by atoms with van der Waals surface area (Å²) in [6.45, 7) is 5.68. The molecule has 0 bridgehead atoms. The summed E-state index contributed by atoms with van der Waals surface area (Å²) in [6, 6.07) is 0.714. The lowest BCUT2D eigenvalue weighted by Crippen LogP contribution is -2.43. The topological polar surface area (TPSA) is 24.1 Å². The van der Waals surface area contributed by atoms with Crippen LogP contribution in [0.15, 0.2) is 0 Å². The van der Waals surface area contributed by atoms with Crippen LogP contribution in [0.4, 0.5) is 0 Å².